The smallest absolute Gasteiger partial charge is 0.275 e. The van der Waals surface area contributed by atoms with Crippen LogP contribution in [-0.4, -0.2) is 15.9 Å². The number of amides is 1. The number of nitrogens with one attached hydrogen (secondary N) is 1. The molecule has 0 saturated carbocycles. The van der Waals surface area contributed by atoms with Gasteiger partial charge in [0.2, 0.25) is 0 Å². The highest BCUT2D eigenvalue weighted by atomic mass is 32.1. The monoisotopic (exact) mass is 234 g/mol. The summed E-state index contributed by atoms with van der Waals surface area (Å²) >= 11 is 1.38. The third-order valence-electron chi connectivity index (χ3n) is 1.88. The fraction of sp³-hybridized carbons (Fsp3) is 0.100. The highest BCUT2D eigenvalue weighted by Gasteiger charge is 2.10. The molecule has 0 saturated heterocycles. The van der Waals surface area contributed by atoms with E-state index in [0.29, 0.717) is 17.9 Å². The molecule has 6 heteroatoms. The molecule has 0 aliphatic heterocycles. The number of thiazole rings is 1. The number of hydrogen-bond donors (Lipinski definition) is 2. The first-order valence-electron chi connectivity index (χ1n) is 4.65. The molecule has 0 spiro atoms. The van der Waals surface area contributed by atoms with Gasteiger partial charge in [-0.15, -0.1) is 11.3 Å². The van der Waals surface area contributed by atoms with Crippen LogP contribution in [0.4, 0.5) is 5.69 Å². The lowest BCUT2D eigenvalue weighted by Gasteiger charge is -2.00. The zero-order chi connectivity index (χ0) is 11.4. The van der Waals surface area contributed by atoms with E-state index in [-0.39, 0.29) is 5.91 Å². The minimum Gasteiger partial charge on any atom is -0.325 e. The highest BCUT2D eigenvalue weighted by Crippen LogP contribution is 2.11. The van der Waals surface area contributed by atoms with Crippen molar-refractivity contribution in [2.45, 2.75) is 6.54 Å². The van der Waals surface area contributed by atoms with Crippen molar-refractivity contribution in [2.75, 3.05) is 5.32 Å². The molecule has 0 aliphatic rings. The van der Waals surface area contributed by atoms with E-state index in [1.807, 2.05) is 0 Å². The third-order valence-corrected chi connectivity index (χ3v) is 2.75. The van der Waals surface area contributed by atoms with Crippen LogP contribution in [0.1, 0.15) is 15.5 Å². The molecule has 5 nitrogen and oxygen atoms in total. The van der Waals surface area contributed by atoms with Gasteiger partial charge < -0.3 is 11.1 Å². The molecule has 1 amide bonds. The van der Waals surface area contributed by atoms with Gasteiger partial charge in [0.1, 0.15) is 10.7 Å². The quantitative estimate of drug-likeness (QED) is 0.837. The van der Waals surface area contributed by atoms with E-state index < -0.39 is 0 Å². The topological polar surface area (TPSA) is 80.9 Å². The van der Waals surface area contributed by atoms with Crippen LogP contribution in [0.15, 0.2) is 29.9 Å². The van der Waals surface area contributed by atoms with Crippen molar-refractivity contribution >= 4 is 22.9 Å². The van der Waals surface area contributed by atoms with E-state index in [0.717, 1.165) is 5.01 Å². The van der Waals surface area contributed by atoms with Crippen molar-refractivity contribution in [3.05, 3.63) is 40.6 Å². The van der Waals surface area contributed by atoms with E-state index in [1.165, 1.54) is 11.3 Å². The van der Waals surface area contributed by atoms with Crippen LogP contribution in [0.2, 0.25) is 0 Å². The third kappa shape index (κ3) is 2.41. The Hall–Kier alpha value is -1.79. The van der Waals surface area contributed by atoms with Crippen LogP contribution in [0.5, 0.6) is 0 Å². The Morgan fingerprint density at radius 2 is 2.44 bits per heavy atom. The van der Waals surface area contributed by atoms with Crippen LogP contribution in [0, 0.1) is 0 Å². The summed E-state index contributed by atoms with van der Waals surface area (Å²) in [6.07, 6.45) is 3.22. The molecule has 16 heavy (non-hydrogen) atoms. The zero-order valence-electron chi connectivity index (χ0n) is 8.38. The van der Waals surface area contributed by atoms with E-state index in [1.54, 1.807) is 29.9 Å². The predicted molar refractivity (Wildman–Crippen MR) is 62.2 cm³/mol. The molecule has 0 atom stereocenters. The maximum absolute atomic E-state index is 11.7. The zero-order valence-corrected chi connectivity index (χ0v) is 9.20. The molecule has 0 radical (unpaired) electrons. The summed E-state index contributed by atoms with van der Waals surface area (Å²) in [5.74, 6) is -0.246. The lowest BCUT2D eigenvalue weighted by Crippen LogP contribution is -2.12. The molecule has 0 aromatic carbocycles. The first kappa shape index (κ1) is 10.7. The van der Waals surface area contributed by atoms with E-state index in [9.17, 15) is 4.79 Å². The number of carbonyl (C=O) groups excluding carboxylic acids is 1. The summed E-state index contributed by atoms with van der Waals surface area (Å²) in [6.45, 7) is 0.352. The van der Waals surface area contributed by atoms with E-state index >= 15 is 0 Å². The summed E-state index contributed by atoms with van der Waals surface area (Å²) in [7, 11) is 0. The van der Waals surface area contributed by atoms with Gasteiger partial charge in [-0.05, 0) is 12.1 Å². The molecular formula is C10H10N4OS. The second kappa shape index (κ2) is 4.82. The van der Waals surface area contributed by atoms with Gasteiger partial charge in [0, 0.05) is 18.1 Å². The number of carbonyl (C=O) groups is 1. The molecule has 0 unspecified atom stereocenters. The van der Waals surface area contributed by atoms with Crippen molar-refractivity contribution in [1.29, 1.82) is 0 Å². The summed E-state index contributed by atoms with van der Waals surface area (Å²) in [5.41, 5.74) is 6.45. The summed E-state index contributed by atoms with van der Waals surface area (Å²) < 4.78 is 0. The van der Waals surface area contributed by atoms with Crippen LogP contribution >= 0.6 is 11.3 Å². The minimum atomic E-state index is -0.246. The van der Waals surface area contributed by atoms with Crippen molar-refractivity contribution in [3.8, 4) is 0 Å². The Morgan fingerprint density at radius 1 is 1.56 bits per heavy atom. The number of pyridine rings is 1. The number of aromatic nitrogens is 2. The Bertz CT molecular complexity index is 483. The molecule has 0 bridgehead atoms. The van der Waals surface area contributed by atoms with Gasteiger partial charge in [-0.25, -0.2) is 4.98 Å². The number of anilines is 1. The lowest BCUT2D eigenvalue weighted by molar-refractivity contribution is 0.102. The average Bonchev–Trinajstić information content (AvgIpc) is 2.79. The van der Waals surface area contributed by atoms with E-state index in [4.69, 9.17) is 5.73 Å². The van der Waals surface area contributed by atoms with Crippen molar-refractivity contribution in [2.24, 2.45) is 5.73 Å². The van der Waals surface area contributed by atoms with Gasteiger partial charge in [0.05, 0.1) is 11.9 Å². The van der Waals surface area contributed by atoms with Crippen molar-refractivity contribution in [3.63, 3.8) is 0 Å². The number of nitrogens with two attached hydrogens (primary N) is 1. The molecule has 2 aromatic heterocycles. The molecule has 0 aliphatic carbocycles. The number of nitrogens with zero attached hydrogens (tertiary/aromatic N) is 2. The molecule has 2 aromatic rings. The first-order valence-corrected chi connectivity index (χ1v) is 5.53. The van der Waals surface area contributed by atoms with Crippen LogP contribution in [0.25, 0.3) is 0 Å². The Labute approximate surface area is 96.3 Å². The number of rotatable bonds is 3. The SMILES string of the molecule is NCc1nc(C(=O)Nc2cccnc2)cs1. The van der Waals surface area contributed by atoms with Gasteiger partial charge in [0.25, 0.3) is 5.91 Å². The van der Waals surface area contributed by atoms with Gasteiger partial charge in [-0.3, -0.25) is 9.78 Å². The van der Waals surface area contributed by atoms with E-state index in [2.05, 4.69) is 15.3 Å². The fourth-order valence-corrected chi connectivity index (χ4v) is 1.80. The van der Waals surface area contributed by atoms with Crippen LogP contribution < -0.4 is 11.1 Å². The Morgan fingerprint density at radius 3 is 3.06 bits per heavy atom. The second-order valence-corrected chi connectivity index (χ2v) is 3.97. The van der Waals surface area contributed by atoms with Gasteiger partial charge in [-0.1, -0.05) is 0 Å². The van der Waals surface area contributed by atoms with Gasteiger partial charge in [-0.2, -0.15) is 0 Å². The molecule has 0 fully saturated rings. The molecule has 82 valence electrons. The minimum absolute atomic E-state index is 0.246. The Balaban J connectivity index is 2.09. The van der Waals surface area contributed by atoms with Crippen molar-refractivity contribution in [1.82, 2.24) is 9.97 Å². The first-order chi connectivity index (χ1) is 7.79. The fourth-order valence-electron chi connectivity index (χ4n) is 1.14. The second-order valence-electron chi connectivity index (χ2n) is 3.03. The lowest BCUT2D eigenvalue weighted by atomic mass is 10.4. The predicted octanol–water partition coefficient (Wildman–Crippen LogP) is 1.25. The summed E-state index contributed by atoms with van der Waals surface area (Å²) in [4.78, 5) is 19.7. The summed E-state index contributed by atoms with van der Waals surface area (Å²) in [5, 5.41) is 5.13. The van der Waals surface area contributed by atoms with Gasteiger partial charge in [0.15, 0.2) is 0 Å². The average molecular weight is 234 g/mol. The maximum atomic E-state index is 11.7. The summed E-state index contributed by atoms with van der Waals surface area (Å²) in [6, 6.07) is 3.52. The standard InChI is InChI=1S/C10H10N4OS/c11-4-9-14-8(6-16-9)10(15)13-7-2-1-3-12-5-7/h1-3,5-6H,4,11H2,(H,13,15). The number of hydrogen-bond acceptors (Lipinski definition) is 5. The van der Waals surface area contributed by atoms with Crippen LogP contribution in [0.3, 0.4) is 0 Å². The maximum Gasteiger partial charge on any atom is 0.275 e. The molecule has 2 rings (SSSR count). The molecular weight excluding hydrogens is 224 g/mol. The Kier molecular flexibility index (Phi) is 3.23. The van der Waals surface area contributed by atoms with Gasteiger partial charge >= 0.3 is 0 Å². The molecule has 3 N–H and O–H groups in total. The van der Waals surface area contributed by atoms with Crippen LogP contribution in [-0.2, 0) is 6.54 Å². The normalized spacial score (nSPS) is 10.1. The highest BCUT2D eigenvalue weighted by molar-refractivity contribution is 7.09. The van der Waals surface area contributed by atoms with Crippen molar-refractivity contribution < 1.29 is 4.79 Å². The largest absolute Gasteiger partial charge is 0.325 e. The molecule has 2 heterocycles.